The second-order valence-corrected chi connectivity index (χ2v) is 4.06. The fraction of sp³-hybridized carbons (Fsp3) is 0.417. The van der Waals surface area contributed by atoms with Gasteiger partial charge in [0.15, 0.2) is 0 Å². The van der Waals surface area contributed by atoms with E-state index < -0.39 is 0 Å². The summed E-state index contributed by atoms with van der Waals surface area (Å²) in [7, 11) is 0. The average molecular weight is 236 g/mol. The van der Waals surface area contributed by atoms with Gasteiger partial charge in [0.1, 0.15) is 12.4 Å². The maximum atomic E-state index is 11.7. The number of nitrogens with two attached hydrogens (primary N) is 1. The van der Waals surface area contributed by atoms with Crippen molar-refractivity contribution >= 4 is 5.91 Å². The lowest BCUT2D eigenvalue weighted by molar-refractivity contribution is -0.148. The molecule has 3 N–H and O–H groups in total. The smallest absolute Gasteiger partial charge is 0.249 e. The summed E-state index contributed by atoms with van der Waals surface area (Å²) in [4.78, 5) is 13.4. The van der Waals surface area contributed by atoms with E-state index in [1.807, 2.05) is 6.07 Å². The van der Waals surface area contributed by atoms with E-state index in [4.69, 9.17) is 10.5 Å². The van der Waals surface area contributed by atoms with Crippen LogP contribution in [0.5, 0.6) is 5.75 Å². The number of phenolic OH excluding ortho intramolecular Hbond substituents is 1. The SMILES string of the molecule is NCC1COCC(=O)N1Cc1ccccc1O. The summed E-state index contributed by atoms with van der Waals surface area (Å²) in [5.41, 5.74) is 6.33. The molecule has 2 rings (SSSR count). The first-order chi connectivity index (χ1) is 8.22. The minimum Gasteiger partial charge on any atom is -0.508 e. The van der Waals surface area contributed by atoms with Crippen molar-refractivity contribution in [1.82, 2.24) is 4.90 Å². The molecule has 0 saturated carbocycles. The van der Waals surface area contributed by atoms with Crippen molar-refractivity contribution in [3.63, 3.8) is 0 Å². The molecule has 1 unspecified atom stereocenters. The molecular formula is C12H16N2O3. The van der Waals surface area contributed by atoms with E-state index in [1.54, 1.807) is 23.1 Å². The van der Waals surface area contributed by atoms with Crippen molar-refractivity contribution in [3.05, 3.63) is 29.8 Å². The molecule has 92 valence electrons. The summed E-state index contributed by atoms with van der Waals surface area (Å²) >= 11 is 0. The zero-order valence-corrected chi connectivity index (χ0v) is 9.50. The van der Waals surface area contributed by atoms with Gasteiger partial charge >= 0.3 is 0 Å². The lowest BCUT2D eigenvalue weighted by Gasteiger charge is -2.34. The highest BCUT2D eigenvalue weighted by Gasteiger charge is 2.28. The van der Waals surface area contributed by atoms with Crippen LogP contribution in [-0.4, -0.2) is 41.7 Å². The number of aromatic hydroxyl groups is 1. The van der Waals surface area contributed by atoms with E-state index in [-0.39, 0.29) is 24.3 Å². The third kappa shape index (κ3) is 2.57. The highest BCUT2D eigenvalue weighted by atomic mass is 16.5. The third-order valence-electron chi connectivity index (χ3n) is 2.90. The van der Waals surface area contributed by atoms with Gasteiger partial charge in [-0.1, -0.05) is 18.2 Å². The van der Waals surface area contributed by atoms with E-state index >= 15 is 0 Å². The molecule has 0 spiro atoms. The Kier molecular flexibility index (Phi) is 3.61. The normalized spacial score (nSPS) is 20.6. The summed E-state index contributed by atoms with van der Waals surface area (Å²) in [6.45, 7) is 1.27. The Bertz CT molecular complexity index is 408. The average Bonchev–Trinajstić information content (AvgIpc) is 2.34. The fourth-order valence-corrected chi connectivity index (χ4v) is 1.90. The van der Waals surface area contributed by atoms with Gasteiger partial charge in [0.2, 0.25) is 5.91 Å². The molecule has 1 amide bonds. The lowest BCUT2D eigenvalue weighted by atomic mass is 10.1. The van der Waals surface area contributed by atoms with Gasteiger partial charge in [-0.05, 0) is 6.07 Å². The van der Waals surface area contributed by atoms with Gasteiger partial charge in [0.25, 0.3) is 0 Å². The monoisotopic (exact) mass is 236 g/mol. The number of hydrogen-bond acceptors (Lipinski definition) is 4. The molecule has 17 heavy (non-hydrogen) atoms. The fourth-order valence-electron chi connectivity index (χ4n) is 1.90. The van der Waals surface area contributed by atoms with Crippen LogP contribution in [0.15, 0.2) is 24.3 Å². The number of carbonyl (C=O) groups excluding carboxylic acids is 1. The van der Waals surface area contributed by atoms with Crippen LogP contribution in [0.25, 0.3) is 0 Å². The summed E-state index contributed by atoms with van der Waals surface area (Å²) in [5, 5.41) is 9.69. The minimum atomic E-state index is -0.115. The first-order valence-corrected chi connectivity index (χ1v) is 5.56. The third-order valence-corrected chi connectivity index (χ3v) is 2.90. The van der Waals surface area contributed by atoms with E-state index in [9.17, 15) is 9.90 Å². The van der Waals surface area contributed by atoms with Gasteiger partial charge in [-0.2, -0.15) is 0 Å². The molecule has 1 saturated heterocycles. The first-order valence-electron chi connectivity index (χ1n) is 5.56. The summed E-state index contributed by atoms with van der Waals surface area (Å²) in [6.07, 6.45) is 0. The van der Waals surface area contributed by atoms with Crippen LogP contribution in [0.2, 0.25) is 0 Å². The maximum Gasteiger partial charge on any atom is 0.249 e. The molecule has 1 aliphatic heterocycles. The van der Waals surface area contributed by atoms with Gasteiger partial charge in [-0.25, -0.2) is 0 Å². The molecule has 0 bridgehead atoms. The number of rotatable bonds is 3. The van der Waals surface area contributed by atoms with Crippen LogP contribution in [0.3, 0.4) is 0 Å². The number of carbonyl (C=O) groups is 1. The largest absolute Gasteiger partial charge is 0.508 e. The molecule has 1 aromatic carbocycles. The molecule has 1 aliphatic rings. The van der Waals surface area contributed by atoms with Crippen LogP contribution in [0, 0.1) is 0 Å². The Labute approximate surface area is 99.8 Å². The topological polar surface area (TPSA) is 75.8 Å². The molecule has 1 heterocycles. The number of benzene rings is 1. The second kappa shape index (κ2) is 5.16. The summed E-state index contributed by atoms with van der Waals surface area (Å²) in [6, 6.07) is 6.87. The number of phenols is 1. The Hall–Kier alpha value is -1.59. The molecule has 0 radical (unpaired) electrons. The van der Waals surface area contributed by atoms with Gasteiger partial charge in [0, 0.05) is 18.7 Å². The summed E-state index contributed by atoms with van der Waals surface area (Å²) < 4.78 is 5.15. The molecule has 1 atom stereocenters. The Morgan fingerprint density at radius 2 is 2.24 bits per heavy atom. The Morgan fingerprint density at radius 1 is 1.47 bits per heavy atom. The predicted molar refractivity (Wildman–Crippen MR) is 62.3 cm³/mol. The summed E-state index contributed by atoms with van der Waals surface area (Å²) in [5.74, 6) is 0.109. The quantitative estimate of drug-likeness (QED) is 0.779. The molecule has 0 aromatic heterocycles. The standard InChI is InChI=1S/C12H16N2O3/c13-5-10-7-17-8-12(16)14(10)6-9-3-1-2-4-11(9)15/h1-4,10,15H,5-8,13H2. The van der Waals surface area contributed by atoms with Crippen molar-refractivity contribution in [1.29, 1.82) is 0 Å². The maximum absolute atomic E-state index is 11.7. The van der Waals surface area contributed by atoms with E-state index in [1.165, 1.54) is 0 Å². The van der Waals surface area contributed by atoms with E-state index in [0.717, 1.165) is 5.56 Å². The highest BCUT2D eigenvalue weighted by molar-refractivity contribution is 5.78. The number of nitrogens with zero attached hydrogens (tertiary/aromatic N) is 1. The van der Waals surface area contributed by atoms with Crippen molar-refractivity contribution in [2.75, 3.05) is 19.8 Å². The van der Waals surface area contributed by atoms with Crippen LogP contribution in [-0.2, 0) is 16.1 Å². The number of para-hydroxylation sites is 1. The number of amides is 1. The van der Waals surface area contributed by atoms with E-state index in [0.29, 0.717) is 19.7 Å². The Balaban J connectivity index is 2.15. The van der Waals surface area contributed by atoms with Crippen molar-refractivity contribution in [3.8, 4) is 5.75 Å². The Morgan fingerprint density at radius 3 is 2.94 bits per heavy atom. The van der Waals surface area contributed by atoms with Gasteiger partial charge < -0.3 is 20.5 Å². The van der Waals surface area contributed by atoms with Crippen molar-refractivity contribution < 1.29 is 14.6 Å². The van der Waals surface area contributed by atoms with Crippen molar-refractivity contribution in [2.24, 2.45) is 5.73 Å². The number of morpholine rings is 1. The number of hydrogen-bond donors (Lipinski definition) is 2. The molecule has 5 nitrogen and oxygen atoms in total. The van der Waals surface area contributed by atoms with Crippen LogP contribution < -0.4 is 5.73 Å². The minimum absolute atomic E-state index is 0.0874. The van der Waals surface area contributed by atoms with Crippen molar-refractivity contribution in [2.45, 2.75) is 12.6 Å². The zero-order valence-electron chi connectivity index (χ0n) is 9.50. The van der Waals surface area contributed by atoms with E-state index in [2.05, 4.69) is 0 Å². The van der Waals surface area contributed by atoms with Crippen LogP contribution in [0.4, 0.5) is 0 Å². The van der Waals surface area contributed by atoms with Gasteiger partial charge in [-0.15, -0.1) is 0 Å². The molecule has 5 heteroatoms. The molecule has 1 fully saturated rings. The molecular weight excluding hydrogens is 220 g/mol. The molecule has 0 aliphatic carbocycles. The van der Waals surface area contributed by atoms with Crippen LogP contribution in [0.1, 0.15) is 5.56 Å². The van der Waals surface area contributed by atoms with Gasteiger partial charge in [0.05, 0.1) is 12.6 Å². The number of ether oxygens (including phenoxy) is 1. The highest BCUT2D eigenvalue weighted by Crippen LogP contribution is 2.20. The zero-order chi connectivity index (χ0) is 12.3. The lowest BCUT2D eigenvalue weighted by Crippen LogP contribution is -2.52. The predicted octanol–water partition coefficient (Wildman–Crippen LogP) is 0.0783. The second-order valence-electron chi connectivity index (χ2n) is 4.06. The van der Waals surface area contributed by atoms with Crippen LogP contribution >= 0.6 is 0 Å². The first kappa shape index (κ1) is 11.9. The molecule has 1 aromatic rings. The van der Waals surface area contributed by atoms with Gasteiger partial charge in [-0.3, -0.25) is 4.79 Å².